The summed E-state index contributed by atoms with van der Waals surface area (Å²) in [6, 6.07) is 27.8. The van der Waals surface area contributed by atoms with Crippen LogP contribution in [-0.2, 0) is 13.1 Å². The first-order valence-electron chi connectivity index (χ1n) is 8.72. The van der Waals surface area contributed by atoms with Crippen LogP contribution in [0.25, 0.3) is 0 Å². The van der Waals surface area contributed by atoms with Gasteiger partial charge < -0.3 is 4.74 Å². The van der Waals surface area contributed by atoms with Crippen LogP contribution >= 0.6 is 0 Å². The molecule has 0 bridgehead atoms. The van der Waals surface area contributed by atoms with Crippen LogP contribution in [0.4, 0.5) is 0 Å². The summed E-state index contributed by atoms with van der Waals surface area (Å²) in [5, 5.41) is 0. The van der Waals surface area contributed by atoms with E-state index in [-0.39, 0.29) is 5.78 Å². The van der Waals surface area contributed by atoms with Crippen molar-refractivity contribution in [2.45, 2.75) is 13.1 Å². The Kier molecular flexibility index (Phi) is 6.18. The lowest BCUT2D eigenvalue weighted by molar-refractivity contribution is 0.0920. The summed E-state index contributed by atoms with van der Waals surface area (Å²) in [5.74, 6) is 0.867. The smallest absolute Gasteiger partial charge is 0.176 e. The van der Waals surface area contributed by atoms with Crippen LogP contribution in [0.3, 0.4) is 0 Å². The fourth-order valence-corrected chi connectivity index (χ4v) is 2.92. The lowest BCUT2D eigenvalue weighted by Crippen LogP contribution is -2.29. The van der Waals surface area contributed by atoms with Crippen molar-refractivity contribution in [3.05, 3.63) is 102 Å². The Hall–Kier alpha value is -2.91. The second-order valence-electron chi connectivity index (χ2n) is 6.27. The van der Waals surface area contributed by atoms with Gasteiger partial charge in [0, 0.05) is 18.7 Å². The molecule has 3 aromatic rings. The number of carbonyl (C=O) groups excluding carboxylic acids is 1. The normalized spacial score (nSPS) is 10.7. The Labute approximate surface area is 154 Å². The van der Waals surface area contributed by atoms with Gasteiger partial charge in [-0.25, -0.2) is 0 Å². The molecule has 0 unspecified atom stereocenters. The molecule has 0 saturated heterocycles. The molecule has 0 radical (unpaired) electrons. The van der Waals surface area contributed by atoms with E-state index in [1.54, 1.807) is 7.11 Å². The molecule has 0 amide bonds. The number of Topliss-reactive ketones (excluding diaryl/α,β-unsaturated/α-hetero) is 1. The van der Waals surface area contributed by atoms with Gasteiger partial charge in [0.2, 0.25) is 0 Å². The van der Waals surface area contributed by atoms with E-state index >= 15 is 0 Å². The van der Waals surface area contributed by atoms with Crippen molar-refractivity contribution >= 4 is 5.78 Å². The summed E-state index contributed by atoms with van der Waals surface area (Å²) in [5.41, 5.74) is 3.11. The van der Waals surface area contributed by atoms with Crippen molar-refractivity contribution in [2.75, 3.05) is 13.7 Å². The highest BCUT2D eigenvalue weighted by atomic mass is 16.5. The molecule has 0 spiro atoms. The highest BCUT2D eigenvalue weighted by Crippen LogP contribution is 2.14. The number of carbonyl (C=O) groups is 1. The minimum Gasteiger partial charge on any atom is -0.497 e. The maximum atomic E-state index is 12.8. The van der Waals surface area contributed by atoms with Gasteiger partial charge in [0.15, 0.2) is 5.78 Å². The zero-order valence-corrected chi connectivity index (χ0v) is 15.0. The van der Waals surface area contributed by atoms with Crippen LogP contribution < -0.4 is 4.74 Å². The van der Waals surface area contributed by atoms with Crippen LogP contribution in [0.2, 0.25) is 0 Å². The van der Waals surface area contributed by atoms with Crippen LogP contribution in [-0.4, -0.2) is 24.3 Å². The number of ether oxygens (including phenoxy) is 1. The number of hydrogen-bond donors (Lipinski definition) is 0. The average molecular weight is 345 g/mol. The van der Waals surface area contributed by atoms with E-state index in [1.807, 2.05) is 60.7 Å². The fourth-order valence-electron chi connectivity index (χ4n) is 2.92. The third kappa shape index (κ3) is 5.04. The second kappa shape index (κ2) is 8.97. The summed E-state index contributed by atoms with van der Waals surface area (Å²) in [6.07, 6.45) is 0. The van der Waals surface area contributed by atoms with Crippen molar-refractivity contribution in [2.24, 2.45) is 0 Å². The lowest BCUT2D eigenvalue weighted by Gasteiger charge is -2.22. The molecule has 0 N–H and O–H groups in total. The molecule has 3 nitrogen and oxygen atoms in total. The average Bonchev–Trinajstić information content (AvgIpc) is 2.69. The van der Waals surface area contributed by atoms with Crippen LogP contribution in [0.5, 0.6) is 5.75 Å². The first kappa shape index (κ1) is 17.9. The summed E-state index contributed by atoms with van der Waals surface area (Å²) < 4.78 is 5.17. The van der Waals surface area contributed by atoms with Crippen molar-refractivity contribution in [3.63, 3.8) is 0 Å². The third-order valence-corrected chi connectivity index (χ3v) is 4.28. The maximum absolute atomic E-state index is 12.8. The summed E-state index contributed by atoms with van der Waals surface area (Å²) >= 11 is 0. The molecule has 3 heteroatoms. The van der Waals surface area contributed by atoms with Crippen molar-refractivity contribution in [1.29, 1.82) is 0 Å². The third-order valence-electron chi connectivity index (χ3n) is 4.28. The van der Waals surface area contributed by atoms with E-state index in [4.69, 9.17) is 4.74 Å². The molecule has 26 heavy (non-hydrogen) atoms. The van der Waals surface area contributed by atoms with Gasteiger partial charge in [0.05, 0.1) is 13.7 Å². The van der Waals surface area contributed by atoms with Crippen LogP contribution in [0.1, 0.15) is 21.5 Å². The van der Waals surface area contributed by atoms with Gasteiger partial charge in [0.25, 0.3) is 0 Å². The number of rotatable bonds is 8. The first-order chi connectivity index (χ1) is 12.7. The van der Waals surface area contributed by atoms with Gasteiger partial charge in [-0.15, -0.1) is 0 Å². The number of benzene rings is 3. The molecule has 0 heterocycles. The monoisotopic (exact) mass is 345 g/mol. The van der Waals surface area contributed by atoms with Crippen molar-refractivity contribution in [1.82, 2.24) is 4.90 Å². The topological polar surface area (TPSA) is 29.5 Å². The van der Waals surface area contributed by atoms with Crippen LogP contribution in [0, 0.1) is 0 Å². The molecular weight excluding hydrogens is 322 g/mol. The molecule has 0 saturated carbocycles. The molecule has 132 valence electrons. The molecule has 0 atom stereocenters. The van der Waals surface area contributed by atoms with Gasteiger partial charge in [0.1, 0.15) is 5.75 Å². The zero-order chi connectivity index (χ0) is 18.2. The largest absolute Gasteiger partial charge is 0.497 e. The zero-order valence-electron chi connectivity index (χ0n) is 15.0. The van der Waals surface area contributed by atoms with Gasteiger partial charge in [-0.3, -0.25) is 9.69 Å². The number of methoxy groups -OCH3 is 1. The minimum absolute atomic E-state index is 0.111. The quantitative estimate of drug-likeness (QED) is 0.560. The SMILES string of the molecule is COc1ccc(C(=O)CN(Cc2ccccc2)Cc2ccccc2)cc1. The Morgan fingerprint density at radius 1 is 0.769 bits per heavy atom. The Morgan fingerprint density at radius 3 is 1.73 bits per heavy atom. The molecular formula is C23H23NO2. The number of ketones is 1. The molecule has 0 aromatic heterocycles. The van der Waals surface area contributed by atoms with Crippen molar-refractivity contribution in [3.8, 4) is 5.75 Å². The molecule has 0 aliphatic heterocycles. The van der Waals surface area contributed by atoms with Crippen LogP contribution in [0.15, 0.2) is 84.9 Å². The van der Waals surface area contributed by atoms with E-state index in [9.17, 15) is 4.79 Å². The molecule has 0 fully saturated rings. The Morgan fingerprint density at radius 2 is 1.27 bits per heavy atom. The molecule has 3 aromatic carbocycles. The van der Waals surface area contributed by atoms with E-state index in [0.717, 1.165) is 18.8 Å². The maximum Gasteiger partial charge on any atom is 0.176 e. The summed E-state index contributed by atoms with van der Waals surface area (Å²) in [4.78, 5) is 14.9. The highest BCUT2D eigenvalue weighted by molar-refractivity contribution is 5.97. The summed E-state index contributed by atoms with van der Waals surface area (Å²) in [6.45, 7) is 1.84. The van der Waals surface area contributed by atoms with E-state index in [0.29, 0.717) is 12.1 Å². The molecule has 0 aliphatic rings. The predicted molar refractivity (Wildman–Crippen MR) is 104 cm³/mol. The van der Waals surface area contributed by atoms with Gasteiger partial charge in [-0.2, -0.15) is 0 Å². The Balaban J connectivity index is 1.74. The number of hydrogen-bond acceptors (Lipinski definition) is 3. The van der Waals surface area contributed by atoms with Gasteiger partial charge in [-0.1, -0.05) is 60.7 Å². The van der Waals surface area contributed by atoms with E-state index in [2.05, 4.69) is 29.2 Å². The Bertz CT molecular complexity index is 772. The lowest BCUT2D eigenvalue weighted by atomic mass is 10.1. The predicted octanol–water partition coefficient (Wildman–Crippen LogP) is 4.58. The summed E-state index contributed by atoms with van der Waals surface area (Å²) in [7, 11) is 1.62. The standard InChI is InChI=1S/C23H23NO2/c1-26-22-14-12-21(13-15-22)23(25)18-24(16-19-8-4-2-5-9-19)17-20-10-6-3-7-11-20/h2-15H,16-18H2,1H3. The molecule has 3 rings (SSSR count). The highest BCUT2D eigenvalue weighted by Gasteiger charge is 2.14. The second-order valence-corrected chi connectivity index (χ2v) is 6.27. The van der Waals surface area contributed by atoms with Gasteiger partial charge in [-0.05, 0) is 35.4 Å². The van der Waals surface area contributed by atoms with E-state index < -0.39 is 0 Å². The first-order valence-corrected chi connectivity index (χ1v) is 8.72. The van der Waals surface area contributed by atoms with E-state index in [1.165, 1.54) is 11.1 Å². The number of nitrogens with zero attached hydrogens (tertiary/aromatic N) is 1. The van der Waals surface area contributed by atoms with Gasteiger partial charge >= 0.3 is 0 Å². The van der Waals surface area contributed by atoms with Crippen molar-refractivity contribution < 1.29 is 9.53 Å². The minimum atomic E-state index is 0.111. The molecule has 0 aliphatic carbocycles. The fraction of sp³-hybridized carbons (Fsp3) is 0.174.